The number of imidazole rings is 1. The monoisotopic (exact) mass is 368 g/mol. The number of aryl methyl sites for hydroxylation is 1. The fourth-order valence-electron chi connectivity index (χ4n) is 3.14. The van der Waals surface area contributed by atoms with Gasteiger partial charge in [-0.15, -0.1) is 11.3 Å². The molecule has 1 fully saturated rings. The summed E-state index contributed by atoms with van der Waals surface area (Å²) in [7, 11) is 0. The number of nitrogens with one attached hydrogen (secondary N) is 3. The van der Waals surface area contributed by atoms with Gasteiger partial charge >= 0.3 is 0 Å². The Bertz CT molecular complexity index is 881. The first kappa shape index (κ1) is 16.9. The highest BCUT2D eigenvalue weighted by molar-refractivity contribution is 7.17. The minimum atomic E-state index is -0.195. The van der Waals surface area contributed by atoms with Gasteiger partial charge < -0.3 is 15.6 Å². The van der Waals surface area contributed by atoms with E-state index in [1.807, 2.05) is 19.2 Å². The Morgan fingerprint density at radius 3 is 2.81 bits per heavy atom. The maximum absolute atomic E-state index is 12.6. The van der Waals surface area contributed by atoms with Crippen LogP contribution in [0.3, 0.4) is 0 Å². The summed E-state index contributed by atoms with van der Waals surface area (Å²) in [5, 5.41) is 6.93. The van der Waals surface area contributed by atoms with Gasteiger partial charge in [-0.1, -0.05) is 6.07 Å². The number of pyridine rings is 1. The van der Waals surface area contributed by atoms with Crippen molar-refractivity contribution in [1.82, 2.24) is 25.3 Å². The van der Waals surface area contributed by atoms with Gasteiger partial charge in [0, 0.05) is 18.6 Å². The Morgan fingerprint density at radius 1 is 1.27 bits per heavy atom. The van der Waals surface area contributed by atoms with E-state index in [1.54, 1.807) is 12.4 Å². The van der Waals surface area contributed by atoms with Gasteiger partial charge in [0.1, 0.15) is 10.7 Å². The summed E-state index contributed by atoms with van der Waals surface area (Å²) in [6.07, 6.45) is 7.53. The van der Waals surface area contributed by atoms with Crippen LogP contribution in [0.5, 0.6) is 0 Å². The fraction of sp³-hybridized carbons (Fsp3) is 0.333. The molecule has 0 bridgehead atoms. The molecule has 1 aliphatic heterocycles. The molecule has 8 heteroatoms. The lowest BCUT2D eigenvalue weighted by Gasteiger charge is -2.22. The lowest BCUT2D eigenvalue weighted by molar-refractivity contribution is 0.102. The van der Waals surface area contributed by atoms with Crippen LogP contribution in [0, 0.1) is 6.92 Å². The smallest absolute Gasteiger partial charge is 0.268 e. The second-order valence-corrected chi connectivity index (χ2v) is 7.33. The molecule has 0 aromatic carbocycles. The summed E-state index contributed by atoms with van der Waals surface area (Å²) in [5.41, 5.74) is 1.92. The average molecular weight is 368 g/mol. The van der Waals surface area contributed by atoms with E-state index in [-0.39, 0.29) is 5.91 Å². The minimum absolute atomic E-state index is 0.195. The Morgan fingerprint density at radius 2 is 2.12 bits per heavy atom. The molecule has 134 valence electrons. The van der Waals surface area contributed by atoms with Crippen molar-refractivity contribution in [1.29, 1.82) is 0 Å². The zero-order chi connectivity index (χ0) is 17.9. The summed E-state index contributed by atoms with van der Waals surface area (Å²) >= 11 is 1.32. The van der Waals surface area contributed by atoms with E-state index in [1.165, 1.54) is 16.9 Å². The van der Waals surface area contributed by atoms with Crippen LogP contribution in [0.1, 0.15) is 39.7 Å². The predicted molar refractivity (Wildman–Crippen MR) is 101 cm³/mol. The van der Waals surface area contributed by atoms with Crippen molar-refractivity contribution in [2.75, 3.05) is 18.4 Å². The summed E-state index contributed by atoms with van der Waals surface area (Å²) in [5.74, 6) is 1.58. The molecule has 4 heterocycles. The van der Waals surface area contributed by atoms with Gasteiger partial charge in [-0.25, -0.2) is 15.0 Å². The molecule has 0 spiro atoms. The van der Waals surface area contributed by atoms with Gasteiger partial charge in [-0.05, 0) is 50.4 Å². The summed E-state index contributed by atoms with van der Waals surface area (Å²) < 4.78 is 0. The number of nitrogens with zero attached hydrogens (tertiary/aromatic N) is 3. The minimum Gasteiger partial charge on any atom is -0.343 e. The molecule has 1 saturated heterocycles. The molecule has 0 radical (unpaired) electrons. The number of anilines is 1. The zero-order valence-electron chi connectivity index (χ0n) is 14.5. The van der Waals surface area contributed by atoms with Crippen LogP contribution < -0.4 is 10.6 Å². The third-order valence-corrected chi connectivity index (χ3v) is 5.71. The molecule has 26 heavy (non-hydrogen) atoms. The number of H-pyrrole nitrogens is 1. The lowest BCUT2D eigenvalue weighted by Crippen LogP contribution is -2.26. The predicted octanol–water partition coefficient (Wildman–Crippen LogP) is 2.96. The van der Waals surface area contributed by atoms with Gasteiger partial charge in [0.25, 0.3) is 5.91 Å². The molecule has 0 aliphatic carbocycles. The molecule has 7 nitrogen and oxygen atoms in total. The van der Waals surface area contributed by atoms with Gasteiger partial charge in [-0.2, -0.15) is 0 Å². The Kier molecular flexibility index (Phi) is 4.77. The molecular weight excluding hydrogens is 348 g/mol. The van der Waals surface area contributed by atoms with E-state index >= 15 is 0 Å². The first-order valence-electron chi connectivity index (χ1n) is 8.66. The number of aromatic amines is 1. The van der Waals surface area contributed by atoms with Crippen LogP contribution in [-0.4, -0.2) is 38.9 Å². The SMILES string of the molecule is Cc1nc(-c2ncc[nH]2)sc1C(=O)Nc1ccc(C2CCNCC2)cn1. The standard InChI is InChI=1S/C18H20N6OS/c1-11-15(26-18(23-11)16-20-8-9-21-16)17(25)24-14-3-2-13(10-22-14)12-4-6-19-7-5-12/h2-3,8-10,12,19H,4-7H2,1H3,(H,20,21)(H,22,24,25). The molecule has 0 saturated carbocycles. The number of carbonyl (C=O) groups is 1. The van der Waals surface area contributed by atoms with Crippen LogP contribution in [-0.2, 0) is 0 Å². The summed E-state index contributed by atoms with van der Waals surface area (Å²) in [4.78, 5) is 29.2. The molecule has 0 unspecified atom stereocenters. The van der Waals surface area contributed by atoms with Gasteiger partial charge in [-0.3, -0.25) is 4.79 Å². The number of amides is 1. The third-order valence-electron chi connectivity index (χ3n) is 4.54. The van der Waals surface area contributed by atoms with Crippen molar-refractivity contribution in [2.24, 2.45) is 0 Å². The van der Waals surface area contributed by atoms with Gasteiger partial charge in [0.2, 0.25) is 0 Å². The normalized spacial score (nSPS) is 15.1. The van der Waals surface area contributed by atoms with Gasteiger partial charge in [0.15, 0.2) is 10.8 Å². The van der Waals surface area contributed by atoms with Crippen molar-refractivity contribution in [3.05, 3.63) is 46.9 Å². The van der Waals surface area contributed by atoms with Crippen LogP contribution >= 0.6 is 11.3 Å². The van der Waals surface area contributed by atoms with Crippen molar-refractivity contribution in [3.8, 4) is 10.8 Å². The van der Waals surface area contributed by atoms with Crippen LogP contribution in [0.4, 0.5) is 5.82 Å². The lowest BCUT2D eigenvalue weighted by atomic mass is 9.91. The number of hydrogen-bond acceptors (Lipinski definition) is 6. The highest BCUT2D eigenvalue weighted by atomic mass is 32.1. The van der Waals surface area contributed by atoms with Crippen molar-refractivity contribution >= 4 is 23.1 Å². The summed E-state index contributed by atoms with van der Waals surface area (Å²) in [6, 6.07) is 3.94. The average Bonchev–Trinajstić information content (AvgIpc) is 3.32. The zero-order valence-corrected chi connectivity index (χ0v) is 15.3. The topological polar surface area (TPSA) is 95.6 Å². The molecular formula is C18H20N6OS. The van der Waals surface area contributed by atoms with Crippen molar-refractivity contribution < 1.29 is 4.79 Å². The molecule has 4 rings (SSSR count). The van der Waals surface area contributed by atoms with E-state index in [0.29, 0.717) is 33.1 Å². The number of aromatic nitrogens is 4. The van der Waals surface area contributed by atoms with Crippen LogP contribution in [0.15, 0.2) is 30.7 Å². The van der Waals surface area contributed by atoms with E-state index in [0.717, 1.165) is 25.9 Å². The molecule has 3 aromatic heterocycles. The van der Waals surface area contributed by atoms with E-state index < -0.39 is 0 Å². The molecule has 3 N–H and O–H groups in total. The molecule has 1 aliphatic rings. The second kappa shape index (κ2) is 7.35. The second-order valence-electron chi connectivity index (χ2n) is 6.33. The maximum atomic E-state index is 12.6. The van der Waals surface area contributed by atoms with Crippen molar-refractivity contribution in [3.63, 3.8) is 0 Å². The highest BCUT2D eigenvalue weighted by Gasteiger charge is 2.19. The first-order valence-corrected chi connectivity index (χ1v) is 9.47. The number of carbonyl (C=O) groups excluding carboxylic acids is 1. The summed E-state index contributed by atoms with van der Waals surface area (Å²) in [6.45, 7) is 3.92. The largest absolute Gasteiger partial charge is 0.343 e. The molecule has 0 atom stereocenters. The fourth-order valence-corrected chi connectivity index (χ4v) is 4.06. The Balaban J connectivity index is 1.46. The van der Waals surface area contributed by atoms with E-state index in [2.05, 4.69) is 36.6 Å². The van der Waals surface area contributed by atoms with Crippen LogP contribution in [0.25, 0.3) is 10.8 Å². The van der Waals surface area contributed by atoms with Crippen molar-refractivity contribution in [2.45, 2.75) is 25.7 Å². The number of rotatable bonds is 4. The highest BCUT2D eigenvalue weighted by Crippen LogP contribution is 2.27. The molecule has 3 aromatic rings. The number of hydrogen-bond donors (Lipinski definition) is 3. The van der Waals surface area contributed by atoms with Gasteiger partial charge in [0.05, 0.1) is 5.69 Å². The van der Waals surface area contributed by atoms with E-state index in [4.69, 9.17) is 0 Å². The van der Waals surface area contributed by atoms with Crippen LogP contribution in [0.2, 0.25) is 0 Å². The Hall–Kier alpha value is -2.58. The van der Waals surface area contributed by atoms with E-state index in [9.17, 15) is 4.79 Å². The first-order chi connectivity index (χ1) is 12.7. The molecule has 1 amide bonds. The quantitative estimate of drug-likeness (QED) is 0.658. The maximum Gasteiger partial charge on any atom is 0.268 e. The number of piperidine rings is 1. The number of thiazole rings is 1. The Labute approximate surface area is 155 Å². The third kappa shape index (κ3) is 3.51.